The molecule has 0 aliphatic heterocycles. The Morgan fingerprint density at radius 2 is 1.80 bits per heavy atom. The molecule has 1 aliphatic rings. The standard InChI is InChI=1S/C10H11/c1-5-10-8(3)6-7(2)9(10)4/h1,6H,2-4H3. The molecule has 10 heavy (non-hydrogen) atoms. The van der Waals surface area contributed by atoms with Gasteiger partial charge in [0.1, 0.15) is 0 Å². The second kappa shape index (κ2) is 2.66. The van der Waals surface area contributed by atoms with Gasteiger partial charge in [0.2, 0.25) is 0 Å². The molecule has 0 heterocycles. The second-order valence-corrected chi connectivity index (χ2v) is 2.65. The molecule has 1 aliphatic carbocycles. The summed E-state index contributed by atoms with van der Waals surface area (Å²) in [4.78, 5) is 0. The van der Waals surface area contributed by atoms with Gasteiger partial charge in [0, 0.05) is 0 Å². The van der Waals surface area contributed by atoms with Crippen molar-refractivity contribution in [2.24, 2.45) is 0 Å². The van der Waals surface area contributed by atoms with Crippen LogP contribution in [-0.4, -0.2) is 0 Å². The Hall–Kier alpha value is -0.440. The molecule has 5 radical (unpaired) electrons. The highest BCUT2D eigenvalue weighted by molar-refractivity contribution is 5.60. The maximum atomic E-state index is 5.31. The topological polar surface area (TPSA) is 0 Å². The molecule has 0 bridgehead atoms. The molecule has 0 amide bonds. The Morgan fingerprint density at radius 3 is 2.00 bits per heavy atom. The van der Waals surface area contributed by atoms with Gasteiger partial charge in [0.15, 0.2) is 0 Å². The molecule has 51 valence electrons. The van der Waals surface area contributed by atoms with Crippen LogP contribution in [-0.2, 0) is 0 Å². The number of hydrogen-bond acceptors (Lipinski definition) is 0. The molecular weight excluding hydrogens is 120 g/mol. The van der Waals surface area contributed by atoms with Crippen molar-refractivity contribution in [2.45, 2.75) is 20.8 Å². The van der Waals surface area contributed by atoms with Gasteiger partial charge in [-0.05, 0) is 24.2 Å². The zero-order chi connectivity index (χ0) is 7.72. The van der Waals surface area contributed by atoms with Gasteiger partial charge in [0.25, 0.3) is 0 Å². The lowest BCUT2D eigenvalue weighted by atomic mass is 9.91. The summed E-state index contributed by atoms with van der Waals surface area (Å²) < 4.78 is 0. The maximum Gasteiger partial charge on any atom is 0.0615 e. The molecule has 1 rings (SSSR count). The van der Waals surface area contributed by atoms with Gasteiger partial charge in [-0.15, -0.1) is 6.42 Å². The molecule has 0 N–H and O–H groups in total. The first-order valence-corrected chi connectivity index (χ1v) is 3.37. The summed E-state index contributed by atoms with van der Waals surface area (Å²) in [6.45, 7) is 6.20. The van der Waals surface area contributed by atoms with Crippen LogP contribution in [0.1, 0.15) is 20.8 Å². The van der Waals surface area contributed by atoms with Crippen LogP contribution in [0.4, 0.5) is 0 Å². The molecule has 0 nitrogen and oxygen atoms in total. The Bertz CT molecular complexity index is 152. The zero-order valence-electron chi connectivity index (χ0n) is 6.65. The summed E-state index contributed by atoms with van der Waals surface area (Å²) >= 11 is 0. The molecule has 0 heteroatoms. The van der Waals surface area contributed by atoms with Gasteiger partial charge in [-0.2, -0.15) is 0 Å². The van der Waals surface area contributed by atoms with E-state index >= 15 is 0 Å². The van der Waals surface area contributed by atoms with E-state index in [4.69, 9.17) is 6.42 Å². The van der Waals surface area contributed by atoms with Crippen LogP contribution in [0.2, 0.25) is 0 Å². The lowest BCUT2D eigenvalue weighted by molar-refractivity contribution is 1.04. The molecule has 0 saturated heterocycles. The van der Waals surface area contributed by atoms with E-state index in [2.05, 4.69) is 33.1 Å². The normalized spacial score (nSPS) is 25.4. The third-order valence-electron chi connectivity index (χ3n) is 1.94. The van der Waals surface area contributed by atoms with Crippen molar-refractivity contribution in [3.63, 3.8) is 0 Å². The third-order valence-corrected chi connectivity index (χ3v) is 1.94. The van der Waals surface area contributed by atoms with Gasteiger partial charge in [0.05, 0.1) is 5.92 Å². The van der Waals surface area contributed by atoms with Crippen molar-refractivity contribution >= 4 is 0 Å². The Labute approximate surface area is 64.0 Å². The molecule has 0 spiro atoms. The summed E-state index contributed by atoms with van der Waals surface area (Å²) in [7, 11) is 0. The molecule has 0 atom stereocenters. The molecule has 0 aromatic rings. The fraction of sp³-hybridized carbons (Fsp3) is 0.300. The predicted molar refractivity (Wildman–Crippen MR) is 43.1 cm³/mol. The van der Waals surface area contributed by atoms with Crippen molar-refractivity contribution in [3.8, 4) is 12.3 Å². The van der Waals surface area contributed by atoms with Crippen LogP contribution in [0.15, 0.2) is 0 Å². The second-order valence-electron chi connectivity index (χ2n) is 2.65. The first kappa shape index (κ1) is 7.66. The minimum Gasteiger partial charge on any atom is -0.119 e. The van der Waals surface area contributed by atoms with E-state index in [1.165, 1.54) is 17.8 Å². The summed E-state index contributed by atoms with van der Waals surface area (Å²) in [6.07, 6.45) is 7.44. The smallest absolute Gasteiger partial charge is 0.0615 e. The average Bonchev–Trinajstić information content (AvgIpc) is 2.09. The summed E-state index contributed by atoms with van der Waals surface area (Å²) in [5.74, 6) is 7.52. The average molecular weight is 131 g/mol. The Kier molecular flexibility index (Phi) is 2.04. The summed E-state index contributed by atoms with van der Waals surface area (Å²) in [5.41, 5.74) is 0. The van der Waals surface area contributed by atoms with Crippen molar-refractivity contribution in [1.82, 2.24) is 0 Å². The lowest BCUT2D eigenvalue weighted by Gasteiger charge is -2.11. The van der Waals surface area contributed by atoms with Gasteiger partial charge in [-0.1, -0.05) is 26.7 Å². The van der Waals surface area contributed by atoms with E-state index in [0.717, 1.165) is 5.92 Å². The number of terminal acetylenes is 1. The fourth-order valence-electron chi connectivity index (χ4n) is 1.22. The van der Waals surface area contributed by atoms with E-state index in [0.29, 0.717) is 0 Å². The van der Waals surface area contributed by atoms with Crippen LogP contribution >= 0.6 is 0 Å². The molecular formula is C10H11. The first-order valence-electron chi connectivity index (χ1n) is 3.37. The summed E-state index contributed by atoms with van der Waals surface area (Å²) in [6, 6.07) is 0. The van der Waals surface area contributed by atoms with Crippen LogP contribution in [0, 0.1) is 42.4 Å². The van der Waals surface area contributed by atoms with E-state index < -0.39 is 0 Å². The van der Waals surface area contributed by atoms with Crippen molar-refractivity contribution < 1.29 is 0 Å². The van der Waals surface area contributed by atoms with Crippen LogP contribution in [0.3, 0.4) is 0 Å². The number of hydrogen-bond donors (Lipinski definition) is 0. The Morgan fingerprint density at radius 1 is 1.20 bits per heavy atom. The Balaban J connectivity index is 2.66. The molecule has 0 aromatic heterocycles. The van der Waals surface area contributed by atoms with Crippen molar-refractivity contribution in [1.29, 1.82) is 0 Å². The van der Waals surface area contributed by atoms with Crippen molar-refractivity contribution in [2.75, 3.05) is 0 Å². The largest absolute Gasteiger partial charge is 0.119 e. The molecule has 1 saturated carbocycles. The highest BCUT2D eigenvalue weighted by Gasteiger charge is 2.36. The van der Waals surface area contributed by atoms with E-state index in [9.17, 15) is 0 Å². The SMILES string of the molecule is C#C[C]1[C](C)[CH][C](C)[C]1C. The lowest BCUT2D eigenvalue weighted by Crippen LogP contribution is -2.02. The van der Waals surface area contributed by atoms with Crippen molar-refractivity contribution in [3.05, 3.63) is 30.1 Å². The summed E-state index contributed by atoms with van der Waals surface area (Å²) in [5, 5.41) is 0. The molecule has 0 unspecified atom stereocenters. The minimum absolute atomic E-state index is 1.07. The van der Waals surface area contributed by atoms with Gasteiger partial charge >= 0.3 is 0 Å². The first-order chi connectivity index (χ1) is 4.66. The quantitative estimate of drug-likeness (QED) is 0.442. The predicted octanol–water partition coefficient (Wildman–Crippen LogP) is 2.20. The molecule has 0 aromatic carbocycles. The number of rotatable bonds is 0. The van der Waals surface area contributed by atoms with Crippen LogP contribution < -0.4 is 0 Å². The zero-order valence-corrected chi connectivity index (χ0v) is 6.65. The maximum absolute atomic E-state index is 5.31. The highest BCUT2D eigenvalue weighted by Crippen LogP contribution is 2.45. The van der Waals surface area contributed by atoms with Crippen LogP contribution in [0.25, 0.3) is 0 Å². The monoisotopic (exact) mass is 131 g/mol. The van der Waals surface area contributed by atoms with E-state index in [1.54, 1.807) is 0 Å². The van der Waals surface area contributed by atoms with Gasteiger partial charge in [-0.3, -0.25) is 0 Å². The highest BCUT2D eigenvalue weighted by atomic mass is 14.4. The van der Waals surface area contributed by atoms with Gasteiger partial charge in [-0.25, -0.2) is 0 Å². The van der Waals surface area contributed by atoms with E-state index in [-0.39, 0.29) is 0 Å². The van der Waals surface area contributed by atoms with Gasteiger partial charge < -0.3 is 0 Å². The van der Waals surface area contributed by atoms with Crippen LogP contribution in [0.5, 0.6) is 0 Å². The third kappa shape index (κ3) is 1.06. The molecule has 1 fully saturated rings. The fourth-order valence-corrected chi connectivity index (χ4v) is 1.22. The van der Waals surface area contributed by atoms with E-state index in [1.807, 2.05) is 0 Å². The minimum atomic E-state index is 1.07.